The maximum absolute atomic E-state index is 11.8. The van der Waals surface area contributed by atoms with Gasteiger partial charge in [-0.2, -0.15) is 0 Å². The summed E-state index contributed by atoms with van der Waals surface area (Å²) in [4.78, 5) is 24.3. The minimum atomic E-state index is -0.717. The fourth-order valence-corrected chi connectivity index (χ4v) is 1.73. The maximum atomic E-state index is 11.8. The van der Waals surface area contributed by atoms with Crippen molar-refractivity contribution in [3.8, 4) is 0 Å². The molecule has 0 aliphatic carbocycles. The predicted octanol–water partition coefficient (Wildman–Crippen LogP) is 1.24. The second kappa shape index (κ2) is 5.50. The Morgan fingerprint density at radius 3 is 2.70 bits per heavy atom. The second-order valence-corrected chi connectivity index (χ2v) is 5.59. The number of hydrogen-bond donors (Lipinski definition) is 1. The summed E-state index contributed by atoms with van der Waals surface area (Å²) in [7, 11) is 0. The molecule has 0 aliphatic rings. The zero-order valence-electron chi connectivity index (χ0n) is 11.8. The minimum Gasteiger partial charge on any atom is -0.459 e. The number of aromatic nitrogens is 3. The van der Waals surface area contributed by atoms with Crippen LogP contribution in [0.1, 0.15) is 26.3 Å². The Morgan fingerprint density at radius 1 is 1.30 bits per heavy atom. The maximum Gasteiger partial charge on any atom is 0.323 e. The van der Waals surface area contributed by atoms with Gasteiger partial charge in [0.15, 0.2) is 5.65 Å². The van der Waals surface area contributed by atoms with Crippen LogP contribution in [0, 0.1) is 0 Å². The van der Waals surface area contributed by atoms with Crippen molar-refractivity contribution in [2.45, 2.75) is 38.8 Å². The SMILES string of the molecule is CC(C)(C)OC(=O)[C@@H](N)Cc1cnc2nccnc2c1. The van der Waals surface area contributed by atoms with Crippen LogP contribution >= 0.6 is 0 Å². The molecule has 0 fully saturated rings. The minimum absolute atomic E-state index is 0.356. The molecule has 2 rings (SSSR count). The second-order valence-electron chi connectivity index (χ2n) is 5.59. The van der Waals surface area contributed by atoms with Gasteiger partial charge in [0.2, 0.25) is 0 Å². The lowest BCUT2D eigenvalue weighted by molar-refractivity contribution is -0.156. The van der Waals surface area contributed by atoms with E-state index < -0.39 is 17.6 Å². The molecule has 2 aromatic heterocycles. The molecule has 6 nitrogen and oxygen atoms in total. The van der Waals surface area contributed by atoms with Crippen molar-refractivity contribution in [2.24, 2.45) is 5.73 Å². The highest BCUT2D eigenvalue weighted by Gasteiger charge is 2.22. The smallest absolute Gasteiger partial charge is 0.323 e. The van der Waals surface area contributed by atoms with Crippen LogP contribution in [0.25, 0.3) is 11.2 Å². The Kier molecular flexibility index (Phi) is 3.94. The monoisotopic (exact) mass is 274 g/mol. The van der Waals surface area contributed by atoms with Gasteiger partial charge in [-0.25, -0.2) is 9.97 Å². The molecule has 0 aliphatic heterocycles. The number of hydrogen-bond acceptors (Lipinski definition) is 6. The van der Waals surface area contributed by atoms with Gasteiger partial charge < -0.3 is 10.5 Å². The van der Waals surface area contributed by atoms with Gasteiger partial charge in [-0.05, 0) is 38.8 Å². The van der Waals surface area contributed by atoms with Crippen molar-refractivity contribution in [3.05, 3.63) is 30.2 Å². The number of fused-ring (bicyclic) bond motifs is 1. The van der Waals surface area contributed by atoms with Crippen LogP contribution in [-0.4, -0.2) is 32.6 Å². The topological polar surface area (TPSA) is 91.0 Å². The fourth-order valence-electron chi connectivity index (χ4n) is 1.73. The molecule has 0 radical (unpaired) electrons. The van der Waals surface area contributed by atoms with Crippen LogP contribution in [0.4, 0.5) is 0 Å². The first kappa shape index (κ1) is 14.3. The van der Waals surface area contributed by atoms with E-state index in [0.29, 0.717) is 17.6 Å². The summed E-state index contributed by atoms with van der Waals surface area (Å²) >= 11 is 0. The lowest BCUT2D eigenvalue weighted by Crippen LogP contribution is -2.38. The third-order valence-electron chi connectivity index (χ3n) is 2.55. The Bertz CT molecular complexity index is 622. The van der Waals surface area contributed by atoms with E-state index in [1.54, 1.807) is 18.6 Å². The molecule has 106 valence electrons. The largest absolute Gasteiger partial charge is 0.459 e. The Hall–Kier alpha value is -2.08. The number of ether oxygens (including phenoxy) is 1. The first-order chi connectivity index (χ1) is 9.35. The van der Waals surface area contributed by atoms with Gasteiger partial charge in [-0.1, -0.05) is 0 Å². The molecule has 0 amide bonds. The molecule has 2 heterocycles. The molecule has 1 atom stereocenters. The molecular formula is C14H18N4O2. The predicted molar refractivity (Wildman–Crippen MR) is 74.9 cm³/mol. The van der Waals surface area contributed by atoms with Gasteiger partial charge in [-0.3, -0.25) is 9.78 Å². The first-order valence-electron chi connectivity index (χ1n) is 6.39. The van der Waals surface area contributed by atoms with Crippen LogP contribution in [0.5, 0.6) is 0 Å². The highest BCUT2D eigenvalue weighted by molar-refractivity contribution is 5.76. The highest BCUT2D eigenvalue weighted by atomic mass is 16.6. The van der Waals surface area contributed by atoms with Crippen LogP contribution in [0.2, 0.25) is 0 Å². The molecule has 2 aromatic rings. The number of rotatable bonds is 3. The highest BCUT2D eigenvalue weighted by Crippen LogP contribution is 2.12. The van der Waals surface area contributed by atoms with Gasteiger partial charge >= 0.3 is 5.97 Å². The molecule has 0 saturated heterocycles. The number of esters is 1. The Balaban J connectivity index is 2.09. The zero-order chi connectivity index (χ0) is 14.8. The summed E-state index contributed by atoms with van der Waals surface area (Å²) in [6, 6.07) is 1.12. The van der Waals surface area contributed by atoms with E-state index in [9.17, 15) is 4.79 Å². The van der Waals surface area contributed by atoms with Crippen molar-refractivity contribution < 1.29 is 9.53 Å². The van der Waals surface area contributed by atoms with Crippen molar-refractivity contribution in [2.75, 3.05) is 0 Å². The quantitative estimate of drug-likeness (QED) is 0.847. The number of carbonyl (C=O) groups is 1. The van der Waals surface area contributed by atoms with E-state index in [4.69, 9.17) is 10.5 Å². The molecule has 20 heavy (non-hydrogen) atoms. The first-order valence-corrected chi connectivity index (χ1v) is 6.39. The lowest BCUT2D eigenvalue weighted by atomic mass is 10.1. The normalized spacial score (nSPS) is 13.2. The van der Waals surface area contributed by atoms with Crippen molar-refractivity contribution >= 4 is 17.1 Å². The number of carbonyl (C=O) groups excluding carboxylic acids is 1. The lowest BCUT2D eigenvalue weighted by Gasteiger charge is -2.22. The van der Waals surface area contributed by atoms with E-state index in [-0.39, 0.29) is 0 Å². The molecule has 0 unspecified atom stereocenters. The third kappa shape index (κ3) is 3.71. The molecular weight excluding hydrogens is 256 g/mol. The number of nitrogens with two attached hydrogens (primary N) is 1. The van der Waals surface area contributed by atoms with Gasteiger partial charge in [0.05, 0.1) is 0 Å². The number of pyridine rings is 1. The summed E-state index contributed by atoms with van der Waals surface area (Å²) in [5.41, 5.74) is 7.41. The van der Waals surface area contributed by atoms with E-state index >= 15 is 0 Å². The van der Waals surface area contributed by atoms with E-state index in [1.807, 2.05) is 26.8 Å². The van der Waals surface area contributed by atoms with Gasteiger partial charge in [0.25, 0.3) is 0 Å². The van der Waals surface area contributed by atoms with Gasteiger partial charge in [-0.15, -0.1) is 0 Å². The molecule has 2 N–H and O–H groups in total. The van der Waals surface area contributed by atoms with Crippen LogP contribution < -0.4 is 5.73 Å². The zero-order valence-corrected chi connectivity index (χ0v) is 11.8. The van der Waals surface area contributed by atoms with Gasteiger partial charge in [0.1, 0.15) is 17.2 Å². The standard InChI is InChI=1S/C14H18N4O2/c1-14(2,3)20-13(19)10(15)6-9-7-11-12(18-8-9)17-5-4-16-11/h4-5,7-8,10H,6,15H2,1-3H3/t10-/m0/s1. The van der Waals surface area contributed by atoms with Crippen LogP contribution in [0.15, 0.2) is 24.7 Å². The Morgan fingerprint density at radius 2 is 2.00 bits per heavy atom. The molecule has 6 heteroatoms. The van der Waals surface area contributed by atoms with Crippen molar-refractivity contribution in [1.82, 2.24) is 15.0 Å². The fraction of sp³-hybridized carbons (Fsp3) is 0.429. The molecule has 0 saturated carbocycles. The Labute approximate surface area is 117 Å². The van der Waals surface area contributed by atoms with Crippen molar-refractivity contribution in [1.29, 1.82) is 0 Å². The third-order valence-corrected chi connectivity index (χ3v) is 2.55. The average Bonchev–Trinajstić information content (AvgIpc) is 2.36. The molecule has 0 aromatic carbocycles. The summed E-state index contributed by atoms with van der Waals surface area (Å²) in [6.07, 6.45) is 5.19. The van der Waals surface area contributed by atoms with E-state index in [0.717, 1.165) is 5.56 Å². The van der Waals surface area contributed by atoms with Crippen LogP contribution in [0.3, 0.4) is 0 Å². The summed E-state index contributed by atoms with van der Waals surface area (Å²) in [6.45, 7) is 5.43. The summed E-state index contributed by atoms with van der Waals surface area (Å²) < 4.78 is 5.25. The van der Waals surface area contributed by atoms with Crippen LogP contribution in [-0.2, 0) is 16.0 Å². The average molecular weight is 274 g/mol. The van der Waals surface area contributed by atoms with E-state index in [1.165, 1.54) is 0 Å². The molecule has 0 bridgehead atoms. The van der Waals surface area contributed by atoms with Gasteiger partial charge in [0, 0.05) is 18.6 Å². The number of nitrogens with zero attached hydrogens (tertiary/aromatic N) is 3. The summed E-state index contributed by atoms with van der Waals surface area (Å²) in [5.74, 6) is -0.420. The summed E-state index contributed by atoms with van der Waals surface area (Å²) in [5, 5.41) is 0. The van der Waals surface area contributed by atoms with Crippen molar-refractivity contribution in [3.63, 3.8) is 0 Å². The van der Waals surface area contributed by atoms with E-state index in [2.05, 4.69) is 15.0 Å². The molecule has 0 spiro atoms.